The summed E-state index contributed by atoms with van der Waals surface area (Å²) in [7, 11) is 0. The van der Waals surface area contributed by atoms with Crippen LogP contribution in [0, 0.1) is 0 Å². The molecule has 0 spiro atoms. The lowest BCUT2D eigenvalue weighted by Crippen LogP contribution is -2.32. The number of carboxylic acid groups (broad SMARTS) is 1. The first kappa shape index (κ1) is 13.3. The number of rotatable bonds is 4. The second-order valence-corrected chi connectivity index (χ2v) is 4.85. The highest BCUT2D eigenvalue weighted by molar-refractivity contribution is 5.88. The Labute approximate surface area is 120 Å². The van der Waals surface area contributed by atoms with Gasteiger partial charge in [-0.15, -0.1) is 0 Å². The molecule has 1 aromatic carbocycles. The van der Waals surface area contributed by atoms with Gasteiger partial charge in [-0.25, -0.2) is 9.97 Å². The van der Waals surface area contributed by atoms with Crippen molar-refractivity contribution >= 4 is 16.9 Å². The van der Waals surface area contributed by atoms with Crippen molar-refractivity contribution < 1.29 is 9.90 Å². The zero-order chi connectivity index (χ0) is 14.8. The number of aliphatic carboxylic acids is 1. The molecule has 0 amide bonds. The summed E-state index contributed by atoms with van der Waals surface area (Å²) in [5.74, 6) is -0.998. The smallest absolute Gasteiger partial charge is 0.320 e. The van der Waals surface area contributed by atoms with E-state index in [1.165, 1.54) is 6.33 Å². The first-order valence-corrected chi connectivity index (χ1v) is 6.49. The van der Waals surface area contributed by atoms with Crippen molar-refractivity contribution in [1.82, 2.24) is 15.0 Å². The zero-order valence-electron chi connectivity index (χ0n) is 11.2. The van der Waals surface area contributed by atoms with Gasteiger partial charge in [0.2, 0.25) is 0 Å². The molecule has 1 atom stereocenters. The van der Waals surface area contributed by atoms with Gasteiger partial charge in [0.05, 0.1) is 0 Å². The Morgan fingerprint density at radius 2 is 2.05 bits per heavy atom. The minimum absolute atomic E-state index is 0.295. The van der Waals surface area contributed by atoms with Gasteiger partial charge in [0, 0.05) is 41.5 Å². The highest BCUT2D eigenvalue weighted by atomic mass is 16.4. The predicted octanol–water partition coefficient (Wildman–Crippen LogP) is 1.58. The van der Waals surface area contributed by atoms with E-state index in [9.17, 15) is 4.79 Å². The van der Waals surface area contributed by atoms with E-state index < -0.39 is 12.0 Å². The third kappa shape index (κ3) is 2.61. The molecule has 2 heterocycles. The number of hydrogen-bond acceptors (Lipinski definition) is 4. The molecule has 3 rings (SSSR count). The van der Waals surface area contributed by atoms with Crippen molar-refractivity contribution in [2.45, 2.75) is 12.5 Å². The molecule has 0 aliphatic heterocycles. The molecule has 0 bridgehead atoms. The number of nitrogens with one attached hydrogen (secondary N) is 1. The molecule has 0 aliphatic rings. The molecule has 3 aromatic rings. The lowest BCUT2D eigenvalue weighted by molar-refractivity contribution is -0.138. The number of hydrogen-bond donors (Lipinski definition) is 3. The van der Waals surface area contributed by atoms with Crippen LogP contribution < -0.4 is 5.73 Å². The number of carboxylic acids is 1. The van der Waals surface area contributed by atoms with Gasteiger partial charge in [0.15, 0.2) is 0 Å². The van der Waals surface area contributed by atoms with Crippen molar-refractivity contribution in [2.75, 3.05) is 0 Å². The van der Waals surface area contributed by atoms with Gasteiger partial charge in [-0.2, -0.15) is 0 Å². The number of H-pyrrole nitrogens is 1. The summed E-state index contributed by atoms with van der Waals surface area (Å²) >= 11 is 0. The molecule has 2 aromatic heterocycles. The number of fused-ring (bicyclic) bond motifs is 1. The Morgan fingerprint density at radius 1 is 1.29 bits per heavy atom. The lowest BCUT2D eigenvalue weighted by atomic mass is 10.0. The van der Waals surface area contributed by atoms with E-state index in [0.717, 1.165) is 27.6 Å². The third-order valence-electron chi connectivity index (χ3n) is 3.42. The van der Waals surface area contributed by atoms with Gasteiger partial charge in [-0.1, -0.05) is 12.1 Å². The third-order valence-corrected chi connectivity index (χ3v) is 3.42. The number of nitrogens with zero attached hydrogens (tertiary/aromatic N) is 2. The summed E-state index contributed by atoms with van der Waals surface area (Å²) in [5.41, 5.74) is 9.35. The van der Waals surface area contributed by atoms with Crippen LogP contribution >= 0.6 is 0 Å². The maximum atomic E-state index is 10.9. The summed E-state index contributed by atoms with van der Waals surface area (Å²) in [6.07, 6.45) is 7.08. The molecule has 0 radical (unpaired) electrons. The van der Waals surface area contributed by atoms with Gasteiger partial charge in [0.1, 0.15) is 12.4 Å². The predicted molar refractivity (Wildman–Crippen MR) is 78.6 cm³/mol. The second kappa shape index (κ2) is 5.34. The van der Waals surface area contributed by atoms with Crippen LogP contribution in [0.15, 0.2) is 43.1 Å². The van der Waals surface area contributed by atoms with Crippen LogP contribution in [0.3, 0.4) is 0 Å². The average Bonchev–Trinajstić information content (AvgIpc) is 2.90. The molecular weight excluding hydrogens is 268 g/mol. The van der Waals surface area contributed by atoms with Crippen molar-refractivity contribution in [2.24, 2.45) is 5.73 Å². The molecule has 0 fully saturated rings. The SMILES string of the molecule is NC(Cc1c[nH]c2cc(-c3cncnc3)ccc12)C(=O)O. The number of benzene rings is 1. The largest absolute Gasteiger partial charge is 0.480 e. The highest BCUT2D eigenvalue weighted by Gasteiger charge is 2.15. The van der Waals surface area contributed by atoms with Crippen molar-refractivity contribution in [3.05, 3.63) is 48.7 Å². The van der Waals surface area contributed by atoms with Crippen LogP contribution in [0.1, 0.15) is 5.56 Å². The molecule has 0 aliphatic carbocycles. The van der Waals surface area contributed by atoms with Crippen LogP contribution in [0.4, 0.5) is 0 Å². The standard InChI is InChI=1S/C15H14N4O2/c16-13(15(20)21)3-10-7-19-14-4-9(1-2-12(10)14)11-5-17-8-18-6-11/h1-2,4-8,13,19H,3,16H2,(H,20,21). The van der Waals surface area contributed by atoms with Gasteiger partial charge in [-0.05, 0) is 17.2 Å². The highest BCUT2D eigenvalue weighted by Crippen LogP contribution is 2.25. The van der Waals surface area contributed by atoms with Crippen LogP contribution in [0.5, 0.6) is 0 Å². The summed E-state index contributed by atoms with van der Waals surface area (Å²) in [6.45, 7) is 0. The van der Waals surface area contributed by atoms with E-state index in [1.807, 2.05) is 18.2 Å². The van der Waals surface area contributed by atoms with Crippen LogP contribution in [-0.4, -0.2) is 32.1 Å². The van der Waals surface area contributed by atoms with Gasteiger partial charge < -0.3 is 15.8 Å². The Kier molecular flexibility index (Phi) is 3.37. The molecule has 0 saturated heterocycles. The van der Waals surface area contributed by atoms with Crippen molar-refractivity contribution in [3.63, 3.8) is 0 Å². The van der Waals surface area contributed by atoms with Crippen LogP contribution in [0.25, 0.3) is 22.0 Å². The molecule has 106 valence electrons. The number of aromatic nitrogens is 3. The Morgan fingerprint density at radius 3 is 2.76 bits per heavy atom. The fourth-order valence-corrected chi connectivity index (χ4v) is 2.31. The molecule has 6 heteroatoms. The fraction of sp³-hybridized carbons (Fsp3) is 0.133. The van der Waals surface area contributed by atoms with E-state index >= 15 is 0 Å². The van der Waals surface area contributed by atoms with E-state index in [2.05, 4.69) is 15.0 Å². The van der Waals surface area contributed by atoms with Gasteiger partial charge in [-0.3, -0.25) is 4.79 Å². The van der Waals surface area contributed by atoms with E-state index in [4.69, 9.17) is 10.8 Å². The van der Waals surface area contributed by atoms with E-state index in [0.29, 0.717) is 6.42 Å². The monoisotopic (exact) mass is 282 g/mol. The summed E-state index contributed by atoms with van der Waals surface area (Å²) in [6, 6.07) is 5.01. The molecule has 0 saturated carbocycles. The molecule has 4 N–H and O–H groups in total. The summed E-state index contributed by atoms with van der Waals surface area (Å²) < 4.78 is 0. The first-order chi connectivity index (χ1) is 10.1. The molecule has 1 unspecified atom stereocenters. The molecule has 21 heavy (non-hydrogen) atoms. The number of carbonyl (C=O) groups is 1. The summed E-state index contributed by atoms with van der Waals surface area (Å²) in [5, 5.41) is 9.88. The fourth-order valence-electron chi connectivity index (χ4n) is 2.31. The van der Waals surface area contributed by atoms with Gasteiger partial charge >= 0.3 is 5.97 Å². The van der Waals surface area contributed by atoms with Crippen LogP contribution in [0.2, 0.25) is 0 Å². The molecular formula is C15H14N4O2. The normalized spacial score (nSPS) is 12.4. The van der Waals surface area contributed by atoms with E-state index in [-0.39, 0.29) is 0 Å². The van der Waals surface area contributed by atoms with E-state index in [1.54, 1.807) is 18.6 Å². The Hall–Kier alpha value is -2.73. The minimum Gasteiger partial charge on any atom is -0.480 e. The maximum Gasteiger partial charge on any atom is 0.320 e. The zero-order valence-corrected chi connectivity index (χ0v) is 11.2. The van der Waals surface area contributed by atoms with Crippen molar-refractivity contribution in [1.29, 1.82) is 0 Å². The maximum absolute atomic E-state index is 10.9. The number of aromatic amines is 1. The topological polar surface area (TPSA) is 105 Å². The quantitative estimate of drug-likeness (QED) is 0.673. The number of nitrogens with two attached hydrogens (primary N) is 1. The van der Waals surface area contributed by atoms with Crippen LogP contribution in [-0.2, 0) is 11.2 Å². The van der Waals surface area contributed by atoms with Crippen molar-refractivity contribution in [3.8, 4) is 11.1 Å². The Bertz CT molecular complexity index is 783. The average molecular weight is 282 g/mol. The second-order valence-electron chi connectivity index (χ2n) is 4.85. The summed E-state index contributed by atoms with van der Waals surface area (Å²) in [4.78, 5) is 22.0. The Balaban J connectivity index is 1.96. The lowest BCUT2D eigenvalue weighted by Gasteiger charge is -2.05. The minimum atomic E-state index is -0.998. The molecule has 6 nitrogen and oxygen atoms in total. The van der Waals surface area contributed by atoms with Gasteiger partial charge in [0.25, 0.3) is 0 Å². The first-order valence-electron chi connectivity index (χ1n) is 6.49.